The number of hydrogen-bond donors (Lipinski definition) is 1. The summed E-state index contributed by atoms with van der Waals surface area (Å²) in [5, 5.41) is 12.9. The first kappa shape index (κ1) is 12.6. The van der Waals surface area contributed by atoms with Crippen LogP contribution in [0.15, 0.2) is 36.5 Å². The molecule has 3 nitrogen and oxygen atoms in total. The summed E-state index contributed by atoms with van der Waals surface area (Å²) < 4.78 is 38.6. The van der Waals surface area contributed by atoms with Crippen LogP contribution >= 0.6 is 0 Å². The second-order valence-electron chi connectivity index (χ2n) is 3.77. The molecule has 0 aliphatic heterocycles. The van der Waals surface area contributed by atoms with Crippen molar-refractivity contribution in [2.24, 2.45) is 0 Å². The van der Waals surface area contributed by atoms with E-state index in [1.54, 1.807) is 12.3 Å². The first-order chi connectivity index (χ1) is 8.50. The lowest BCUT2D eigenvalue weighted by atomic mass is 10.2. The normalized spacial score (nSPS) is 11.8. The van der Waals surface area contributed by atoms with E-state index < -0.39 is 11.7 Å². The van der Waals surface area contributed by atoms with Gasteiger partial charge < -0.3 is 5.11 Å². The van der Waals surface area contributed by atoms with Crippen LogP contribution in [0.25, 0.3) is 5.69 Å². The molecule has 2 aromatic rings. The highest BCUT2D eigenvalue weighted by Gasteiger charge is 2.29. The number of aromatic nitrogens is 2. The van der Waals surface area contributed by atoms with Gasteiger partial charge in [0.1, 0.15) is 0 Å². The van der Waals surface area contributed by atoms with Gasteiger partial charge in [-0.2, -0.15) is 18.3 Å². The van der Waals surface area contributed by atoms with Gasteiger partial charge in [0.2, 0.25) is 0 Å². The second-order valence-corrected chi connectivity index (χ2v) is 3.77. The first-order valence-corrected chi connectivity index (χ1v) is 5.34. The monoisotopic (exact) mass is 256 g/mol. The maximum atomic E-state index is 12.4. The number of halogens is 3. The van der Waals surface area contributed by atoms with Crippen molar-refractivity contribution in [3.05, 3.63) is 47.8 Å². The van der Waals surface area contributed by atoms with Crippen molar-refractivity contribution in [2.75, 3.05) is 6.61 Å². The Morgan fingerprint density at radius 2 is 1.78 bits per heavy atom. The summed E-state index contributed by atoms with van der Waals surface area (Å²) >= 11 is 0. The second kappa shape index (κ2) is 4.81. The van der Waals surface area contributed by atoms with Crippen LogP contribution in [-0.4, -0.2) is 21.5 Å². The average molecular weight is 256 g/mol. The maximum Gasteiger partial charge on any atom is 0.416 e. The van der Waals surface area contributed by atoms with Crippen LogP contribution in [0.4, 0.5) is 13.2 Å². The number of rotatable bonds is 3. The van der Waals surface area contributed by atoms with Gasteiger partial charge in [-0.3, -0.25) is 0 Å². The molecule has 0 aliphatic carbocycles. The molecule has 0 amide bonds. The van der Waals surface area contributed by atoms with E-state index in [9.17, 15) is 13.2 Å². The molecule has 0 fully saturated rings. The Morgan fingerprint density at radius 1 is 1.11 bits per heavy atom. The molecule has 0 unspecified atom stereocenters. The SMILES string of the molecule is OCCc1ccn(-c2ccc(C(F)(F)F)cc2)n1. The minimum atomic E-state index is -4.33. The van der Waals surface area contributed by atoms with Gasteiger partial charge in [-0.05, 0) is 30.3 Å². The predicted molar refractivity (Wildman–Crippen MR) is 59.4 cm³/mol. The zero-order valence-electron chi connectivity index (χ0n) is 9.35. The summed E-state index contributed by atoms with van der Waals surface area (Å²) in [6.45, 7) is -0.00990. The van der Waals surface area contributed by atoms with Crippen molar-refractivity contribution in [2.45, 2.75) is 12.6 Å². The van der Waals surface area contributed by atoms with Gasteiger partial charge >= 0.3 is 6.18 Å². The Kier molecular flexibility index (Phi) is 3.38. The largest absolute Gasteiger partial charge is 0.416 e. The van der Waals surface area contributed by atoms with Gasteiger partial charge in [-0.1, -0.05) is 0 Å². The third kappa shape index (κ3) is 2.70. The first-order valence-electron chi connectivity index (χ1n) is 5.34. The number of nitrogens with zero attached hydrogens (tertiary/aromatic N) is 2. The predicted octanol–water partition coefficient (Wildman–Crippen LogP) is 2.43. The molecule has 6 heteroatoms. The van der Waals surface area contributed by atoms with Crippen LogP contribution in [0.3, 0.4) is 0 Å². The van der Waals surface area contributed by atoms with Crippen molar-refractivity contribution >= 4 is 0 Å². The molecule has 0 spiro atoms. The van der Waals surface area contributed by atoms with Crippen molar-refractivity contribution in [1.82, 2.24) is 9.78 Å². The molecule has 1 heterocycles. The van der Waals surface area contributed by atoms with Gasteiger partial charge in [0, 0.05) is 19.2 Å². The lowest BCUT2D eigenvalue weighted by Crippen LogP contribution is -2.05. The number of aliphatic hydroxyl groups excluding tert-OH is 1. The van der Waals surface area contributed by atoms with Gasteiger partial charge in [0.15, 0.2) is 0 Å². The third-order valence-corrected chi connectivity index (χ3v) is 2.47. The summed E-state index contributed by atoms with van der Waals surface area (Å²) in [4.78, 5) is 0. The zero-order chi connectivity index (χ0) is 13.2. The molecular formula is C12H11F3N2O. The number of aliphatic hydroxyl groups is 1. The fourth-order valence-corrected chi connectivity index (χ4v) is 1.56. The summed E-state index contributed by atoms with van der Waals surface area (Å²) in [6.07, 6.45) is -2.26. The fourth-order valence-electron chi connectivity index (χ4n) is 1.56. The van der Waals surface area contributed by atoms with Gasteiger partial charge in [-0.25, -0.2) is 4.68 Å². The van der Waals surface area contributed by atoms with Crippen molar-refractivity contribution in [1.29, 1.82) is 0 Å². The molecule has 96 valence electrons. The molecule has 1 N–H and O–H groups in total. The van der Waals surface area contributed by atoms with Gasteiger partial charge in [-0.15, -0.1) is 0 Å². The van der Waals surface area contributed by atoms with E-state index in [1.165, 1.54) is 16.8 Å². The van der Waals surface area contributed by atoms with Crippen LogP contribution in [0.1, 0.15) is 11.3 Å². The standard InChI is InChI=1S/C12H11F3N2O/c13-12(14,15)9-1-3-11(4-2-9)17-7-5-10(16-17)6-8-18/h1-5,7,18H,6,8H2. The number of alkyl halides is 3. The topological polar surface area (TPSA) is 38.0 Å². The summed E-state index contributed by atoms with van der Waals surface area (Å²) in [6, 6.07) is 6.47. The van der Waals surface area contributed by atoms with Gasteiger partial charge in [0.25, 0.3) is 0 Å². The summed E-state index contributed by atoms with van der Waals surface area (Å²) in [5.74, 6) is 0. The molecule has 18 heavy (non-hydrogen) atoms. The number of hydrogen-bond acceptors (Lipinski definition) is 2. The lowest BCUT2D eigenvalue weighted by molar-refractivity contribution is -0.137. The molecule has 1 aromatic carbocycles. The van der Waals surface area contributed by atoms with Crippen molar-refractivity contribution < 1.29 is 18.3 Å². The van der Waals surface area contributed by atoms with Crippen LogP contribution < -0.4 is 0 Å². The minimum absolute atomic E-state index is 0.00990. The molecule has 0 saturated carbocycles. The fraction of sp³-hybridized carbons (Fsp3) is 0.250. The molecule has 0 aliphatic rings. The minimum Gasteiger partial charge on any atom is -0.396 e. The van der Waals surface area contributed by atoms with Crippen LogP contribution in [-0.2, 0) is 12.6 Å². The van der Waals surface area contributed by atoms with E-state index in [0.29, 0.717) is 17.8 Å². The van der Waals surface area contributed by atoms with Crippen LogP contribution in [0, 0.1) is 0 Å². The molecule has 0 radical (unpaired) electrons. The molecular weight excluding hydrogens is 245 g/mol. The quantitative estimate of drug-likeness (QED) is 0.915. The molecule has 0 bridgehead atoms. The van der Waals surface area contributed by atoms with E-state index >= 15 is 0 Å². The number of benzene rings is 1. The zero-order valence-corrected chi connectivity index (χ0v) is 9.35. The molecule has 1 aromatic heterocycles. The maximum absolute atomic E-state index is 12.4. The third-order valence-electron chi connectivity index (χ3n) is 2.47. The Morgan fingerprint density at radius 3 is 2.33 bits per heavy atom. The summed E-state index contributed by atoms with van der Waals surface area (Å²) in [7, 11) is 0. The van der Waals surface area contributed by atoms with E-state index in [1.807, 2.05) is 0 Å². The lowest BCUT2D eigenvalue weighted by Gasteiger charge is -2.07. The van der Waals surface area contributed by atoms with Crippen molar-refractivity contribution in [3.63, 3.8) is 0 Å². The molecule has 2 rings (SSSR count). The highest BCUT2D eigenvalue weighted by molar-refractivity contribution is 5.35. The van der Waals surface area contributed by atoms with E-state index in [2.05, 4.69) is 5.10 Å². The van der Waals surface area contributed by atoms with E-state index in [0.717, 1.165) is 12.1 Å². The molecule has 0 saturated heterocycles. The van der Waals surface area contributed by atoms with Crippen LogP contribution in [0.2, 0.25) is 0 Å². The Labute approximate surface area is 101 Å². The van der Waals surface area contributed by atoms with Gasteiger partial charge in [0.05, 0.1) is 16.9 Å². The van der Waals surface area contributed by atoms with Crippen molar-refractivity contribution in [3.8, 4) is 5.69 Å². The van der Waals surface area contributed by atoms with E-state index in [-0.39, 0.29) is 6.61 Å². The van der Waals surface area contributed by atoms with Crippen LogP contribution in [0.5, 0.6) is 0 Å². The Balaban J connectivity index is 2.23. The Bertz CT molecular complexity index is 517. The summed E-state index contributed by atoms with van der Waals surface area (Å²) in [5.41, 5.74) is 0.554. The van der Waals surface area contributed by atoms with E-state index in [4.69, 9.17) is 5.11 Å². The Hall–Kier alpha value is -1.82. The smallest absolute Gasteiger partial charge is 0.396 e. The average Bonchev–Trinajstić information content (AvgIpc) is 2.77. The highest BCUT2D eigenvalue weighted by Crippen LogP contribution is 2.29. The molecule has 0 atom stereocenters. The highest BCUT2D eigenvalue weighted by atomic mass is 19.4.